The number of aliphatic carboxylic acids is 2. The van der Waals surface area contributed by atoms with Gasteiger partial charge in [0.25, 0.3) is 0 Å². The third-order valence-electron chi connectivity index (χ3n) is 2.96. The van der Waals surface area contributed by atoms with Gasteiger partial charge in [-0.1, -0.05) is 30.3 Å². The van der Waals surface area contributed by atoms with Crippen LogP contribution in [0.3, 0.4) is 0 Å². The highest BCUT2D eigenvalue weighted by molar-refractivity contribution is 7.91. The number of carboxylic acid groups (broad SMARTS) is 2. The van der Waals surface area contributed by atoms with E-state index in [0.717, 1.165) is 5.56 Å². The van der Waals surface area contributed by atoms with Crippen LogP contribution in [0.5, 0.6) is 0 Å². The molecule has 0 bridgehead atoms. The van der Waals surface area contributed by atoms with Gasteiger partial charge in [-0.05, 0) is 17.9 Å². The summed E-state index contributed by atoms with van der Waals surface area (Å²) >= 11 is 0. The first kappa shape index (κ1) is 17.2. The van der Waals surface area contributed by atoms with Crippen LogP contribution in [0.4, 0.5) is 0 Å². The van der Waals surface area contributed by atoms with Gasteiger partial charge < -0.3 is 10.2 Å². The van der Waals surface area contributed by atoms with Crippen LogP contribution in [0.2, 0.25) is 0 Å². The molecule has 0 atom stereocenters. The number of carbonyl (C=O) groups is 2. The fourth-order valence-electron chi connectivity index (χ4n) is 2.04. The zero-order valence-corrected chi connectivity index (χ0v) is 12.3. The van der Waals surface area contributed by atoms with Crippen LogP contribution >= 0.6 is 0 Å². The Morgan fingerprint density at radius 2 is 1.52 bits per heavy atom. The molecule has 0 radical (unpaired) electrons. The van der Waals surface area contributed by atoms with E-state index < -0.39 is 46.3 Å². The molecule has 1 aromatic carbocycles. The summed E-state index contributed by atoms with van der Waals surface area (Å²) in [5.41, 5.74) is 0.870. The molecule has 0 saturated heterocycles. The lowest BCUT2D eigenvalue weighted by Gasteiger charge is -2.13. The van der Waals surface area contributed by atoms with Gasteiger partial charge >= 0.3 is 11.9 Å². The van der Waals surface area contributed by atoms with Crippen molar-refractivity contribution in [2.75, 3.05) is 11.5 Å². The minimum absolute atomic E-state index is 0.118. The van der Waals surface area contributed by atoms with Gasteiger partial charge in [0.05, 0.1) is 11.5 Å². The third-order valence-corrected chi connectivity index (χ3v) is 4.77. The molecule has 0 amide bonds. The predicted octanol–water partition coefficient (Wildman–Crippen LogP) is 1.21. The van der Waals surface area contributed by atoms with Gasteiger partial charge in [-0.2, -0.15) is 0 Å². The summed E-state index contributed by atoms with van der Waals surface area (Å²) in [7, 11) is -3.50. The van der Waals surface area contributed by atoms with Gasteiger partial charge in [-0.3, -0.25) is 9.59 Å². The van der Waals surface area contributed by atoms with Gasteiger partial charge in [-0.15, -0.1) is 0 Å². The highest BCUT2D eigenvalue weighted by atomic mass is 32.2. The molecule has 0 spiro atoms. The van der Waals surface area contributed by atoms with E-state index >= 15 is 0 Å². The smallest absolute Gasteiger partial charge is 0.303 e. The number of aryl methyl sites for hydroxylation is 1. The van der Waals surface area contributed by atoms with E-state index in [1.165, 1.54) is 0 Å². The molecule has 0 saturated carbocycles. The minimum Gasteiger partial charge on any atom is -0.481 e. The third kappa shape index (κ3) is 7.45. The predicted molar refractivity (Wildman–Crippen MR) is 76.8 cm³/mol. The fourth-order valence-corrected chi connectivity index (χ4v) is 3.71. The number of hydrogen-bond acceptors (Lipinski definition) is 4. The van der Waals surface area contributed by atoms with Crippen LogP contribution in [0, 0.1) is 5.92 Å². The maximum absolute atomic E-state index is 12.0. The zero-order chi connectivity index (χ0) is 15.9. The number of carboxylic acids is 2. The summed E-state index contributed by atoms with van der Waals surface area (Å²) in [5.74, 6) is -3.83. The van der Waals surface area contributed by atoms with Crippen LogP contribution in [-0.4, -0.2) is 42.1 Å². The lowest BCUT2D eigenvalue weighted by atomic mass is 10.0. The van der Waals surface area contributed by atoms with Crippen molar-refractivity contribution in [1.29, 1.82) is 0 Å². The molecule has 0 heterocycles. The highest BCUT2D eigenvalue weighted by Crippen LogP contribution is 2.14. The molecule has 0 unspecified atom stereocenters. The number of benzene rings is 1. The van der Waals surface area contributed by atoms with Crippen molar-refractivity contribution in [2.45, 2.75) is 19.3 Å². The topological polar surface area (TPSA) is 109 Å². The number of hydrogen-bond donors (Lipinski definition) is 2. The average Bonchev–Trinajstić information content (AvgIpc) is 2.35. The molecular formula is C14H18O6S. The molecule has 6 nitrogen and oxygen atoms in total. The molecule has 0 aliphatic heterocycles. The van der Waals surface area contributed by atoms with Crippen molar-refractivity contribution in [3.05, 3.63) is 35.9 Å². The zero-order valence-electron chi connectivity index (χ0n) is 11.4. The molecule has 1 aromatic rings. The molecule has 1 rings (SSSR count). The molecule has 116 valence electrons. The number of sulfone groups is 1. The Hall–Kier alpha value is -1.89. The minimum atomic E-state index is -3.50. The molecular weight excluding hydrogens is 296 g/mol. The van der Waals surface area contributed by atoms with Gasteiger partial charge in [0.15, 0.2) is 9.84 Å². The van der Waals surface area contributed by atoms with Crippen molar-refractivity contribution in [2.24, 2.45) is 5.92 Å². The molecule has 0 aliphatic rings. The molecule has 0 fully saturated rings. The lowest BCUT2D eigenvalue weighted by molar-refractivity contribution is -0.140. The SMILES string of the molecule is O=C(O)CC(CC(=O)O)CS(=O)(=O)CCc1ccccc1. The first-order chi connectivity index (χ1) is 9.78. The summed E-state index contributed by atoms with van der Waals surface area (Å²) < 4.78 is 24.0. The Kier molecular flexibility index (Phi) is 6.36. The molecule has 0 aromatic heterocycles. The van der Waals surface area contributed by atoms with Crippen LogP contribution in [0.25, 0.3) is 0 Å². The first-order valence-electron chi connectivity index (χ1n) is 6.46. The van der Waals surface area contributed by atoms with E-state index in [-0.39, 0.29) is 5.75 Å². The van der Waals surface area contributed by atoms with Gasteiger partial charge in [0, 0.05) is 12.8 Å². The molecule has 7 heteroatoms. The summed E-state index contributed by atoms with van der Waals surface area (Å²) in [4.78, 5) is 21.3. The maximum Gasteiger partial charge on any atom is 0.303 e. The standard InChI is InChI=1S/C14H18O6S/c15-13(16)8-12(9-14(17)18)10-21(19,20)7-6-11-4-2-1-3-5-11/h1-5,12H,6-10H2,(H,15,16)(H,17,18). The van der Waals surface area contributed by atoms with Gasteiger partial charge in [0.2, 0.25) is 0 Å². The largest absolute Gasteiger partial charge is 0.481 e. The van der Waals surface area contributed by atoms with Crippen LogP contribution in [-0.2, 0) is 25.8 Å². The Morgan fingerprint density at radius 1 is 1.00 bits per heavy atom. The van der Waals surface area contributed by atoms with Crippen molar-refractivity contribution < 1.29 is 28.2 Å². The Bertz CT molecular complexity index is 563. The summed E-state index contributed by atoms with van der Waals surface area (Å²) in [6.45, 7) is 0. The van der Waals surface area contributed by atoms with Crippen molar-refractivity contribution in [3.63, 3.8) is 0 Å². The van der Waals surface area contributed by atoms with E-state index in [0.29, 0.717) is 6.42 Å². The average molecular weight is 314 g/mol. The molecule has 0 aliphatic carbocycles. The van der Waals surface area contributed by atoms with Crippen molar-refractivity contribution >= 4 is 21.8 Å². The van der Waals surface area contributed by atoms with Crippen LogP contribution < -0.4 is 0 Å². The Labute approximate surface area is 123 Å². The highest BCUT2D eigenvalue weighted by Gasteiger charge is 2.24. The van der Waals surface area contributed by atoms with E-state index in [9.17, 15) is 18.0 Å². The Morgan fingerprint density at radius 3 is 2.00 bits per heavy atom. The quantitative estimate of drug-likeness (QED) is 0.709. The van der Waals surface area contributed by atoms with Gasteiger partial charge in [0.1, 0.15) is 0 Å². The molecule has 21 heavy (non-hydrogen) atoms. The summed E-state index contributed by atoms with van der Waals surface area (Å²) in [6.07, 6.45) is -0.593. The second-order valence-electron chi connectivity index (χ2n) is 4.91. The lowest BCUT2D eigenvalue weighted by Crippen LogP contribution is -2.24. The number of rotatable bonds is 9. The van der Waals surface area contributed by atoms with Gasteiger partial charge in [-0.25, -0.2) is 8.42 Å². The van der Waals surface area contributed by atoms with Crippen LogP contribution in [0.15, 0.2) is 30.3 Å². The van der Waals surface area contributed by atoms with Crippen molar-refractivity contribution in [1.82, 2.24) is 0 Å². The van der Waals surface area contributed by atoms with Crippen LogP contribution in [0.1, 0.15) is 18.4 Å². The second kappa shape index (κ2) is 7.78. The van der Waals surface area contributed by atoms with E-state index in [1.807, 2.05) is 18.2 Å². The van der Waals surface area contributed by atoms with Crippen molar-refractivity contribution in [3.8, 4) is 0 Å². The maximum atomic E-state index is 12.0. The first-order valence-corrected chi connectivity index (χ1v) is 8.28. The van der Waals surface area contributed by atoms with E-state index in [1.54, 1.807) is 12.1 Å². The summed E-state index contributed by atoms with van der Waals surface area (Å²) in [5, 5.41) is 17.4. The van der Waals surface area contributed by atoms with E-state index in [2.05, 4.69) is 0 Å². The normalized spacial score (nSPS) is 11.5. The fraction of sp³-hybridized carbons (Fsp3) is 0.429. The summed E-state index contributed by atoms with van der Waals surface area (Å²) in [6, 6.07) is 9.05. The Balaban J connectivity index is 2.63. The monoisotopic (exact) mass is 314 g/mol. The molecule has 2 N–H and O–H groups in total. The second-order valence-corrected chi connectivity index (χ2v) is 7.14. The van der Waals surface area contributed by atoms with E-state index in [4.69, 9.17) is 10.2 Å².